The van der Waals surface area contributed by atoms with Crippen molar-refractivity contribution >= 4 is 0 Å². The van der Waals surface area contributed by atoms with Gasteiger partial charge in [-0.3, -0.25) is 0 Å². The average Bonchev–Trinajstić information content (AvgIpc) is 2.38. The second-order valence-corrected chi connectivity index (χ2v) is 8.06. The first-order chi connectivity index (χ1) is 9.24. The minimum atomic E-state index is -0.285. The third-order valence-electron chi connectivity index (χ3n) is 6.89. The molecule has 0 radical (unpaired) electrons. The van der Waals surface area contributed by atoms with E-state index in [0.29, 0.717) is 11.8 Å². The van der Waals surface area contributed by atoms with Crippen molar-refractivity contribution in [2.45, 2.75) is 71.9 Å². The van der Waals surface area contributed by atoms with Crippen molar-refractivity contribution in [3.05, 3.63) is 0 Å². The van der Waals surface area contributed by atoms with Crippen LogP contribution >= 0.6 is 0 Å². The summed E-state index contributed by atoms with van der Waals surface area (Å²) in [6.07, 6.45) is 1.23. The number of fused-ring (bicyclic) bond motifs is 2. The molecule has 3 aliphatic heterocycles. The Bertz CT molecular complexity index is 392. The van der Waals surface area contributed by atoms with E-state index in [1.54, 1.807) is 0 Å². The fourth-order valence-corrected chi connectivity index (χ4v) is 5.76. The topological polar surface area (TPSA) is 38.7 Å². The predicted molar refractivity (Wildman–Crippen MR) is 78.4 cm³/mol. The van der Waals surface area contributed by atoms with Crippen LogP contribution in [0.1, 0.15) is 48.0 Å². The Morgan fingerprint density at radius 2 is 1.70 bits per heavy atom. The molecule has 0 amide bonds. The van der Waals surface area contributed by atoms with Gasteiger partial charge < -0.3 is 14.6 Å². The van der Waals surface area contributed by atoms with Gasteiger partial charge in [0.05, 0.1) is 30.5 Å². The van der Waals surface area contributed by atoms with Crippen molar-refractivity contribution in [1.29, 1.82) is 0 Å². The first-order valence-corrected chi connectivity index (χ1v) is 8.22. The van der Waals surface area contributed by atoms with Crippen LogP contribution in [0, 0.1) is 29.1 Å². The highest BCUT2D eigenvalue weighted by Gasteiger charge is 2.68. The first kappa shape index (κ1) is 14.8. The Hall–Kier alpha value is -0.120. The summed E-state index contributed by atoms with van der Waals surface area (Å²) in [4.78, 5) is 0. The number of aliphatic hydroxyl groups excluding tert-OH is 1. The summed E-state index contributed by atoms with van der Waals surface area (Å²) in [7, 11) is 0. The molecule has 1 aliphatic carbocycles. The fraction of sp³-hybridized carbons (Fsp3) is 1.00. The van der Waals surface area contributed by atoms with Crippen LogP contribution in [0.3, 0.4) is 0 Å². The van der Waals surface area contributed by atoms with Gasteiger partial charge in [0.2, 0.25) is 0 Å². The van der Waals surface area contributed by atoms with E-state index in [1.807, 2.05) is 0 Å². The monoisotopic (exact) mass is 282 g/mol. The van der Waals surface area contributed by atoms with Gasteiger partial charge in [0, 0.05) is 23.2 Å². The molecule has 3 heteroatoms. The molecule has 116 valence electrons. The summed E-state index contributed by atoms with van der Waals surface area (Å²) < 4.78 is 12.8. The van der Waals surface area contributed by atoms with Gasteiger partial charge in [-0.15, -0.1) is 0 Å². The van der Waals surface area contributed by atoms with Crippen LogP contribution in [0.4, 0.5) is 0 Å². The van der Waals surface area contributed by atoms with Gasteiger partial charge in [-0.1, -0.05) is 34.6 Å². The third-order valence-corrected chi connectivity index (χ3v) is 6.89. The molecular weight excluding hydrogens is 252 g/mol. The van der Waals surface area contributed by atoms with Crippen molar-refractivity contribution in [3.63, 3.8) is 0 Å². The van der Waals surface area contributed by atoms with Crippen LogP contribution in [-0.2, 0) is 9.47 Å². The molecular formula is C17H30O3. The SMILES string of the molecule is C[C@@H]1[C@@H](O)[C@@H](C)[C@]2(O[C@@H]1C)[C@@H](C)[C@H]1OC[C@]2(C)C[C@H]1C. The van der Waals surface area contributed by atoms with E-state index in [9.17, 15) is 5.11 Å². The zero-order valence-corrected chi connectivity index (χ0v) is 13.7. The van der Waals surface area contributed by atoms with Crippen molar-refractivity contribution in [3.8, 4) is 0 Å². The zero-order chi connectivity index (χ0) is 14.9. The van der Waals surface area contributed by atoms with Gasteiger partial charge in [-0.2, -0.15) is 0 Å². The van der Waals surface area contributed by atoms with Crippen LogP contribution in [0.5, 0.6) is 0 Å². The maximum Gasteiger partial charge on any atom is 0.0861 e. The standard InChI is InChI=1S/C17H30O3/c1-9-7-16(6)8-19-15(9)12(4)17(16)11(3)14(18)10(2)13(5)20-17/h9-15,18H,7-8H2,1-6H3/t9-,10+,11-,12+,13-,14-,15+,16+,17+/m1/s1. The molecule has 3 heterocycles. The lowest BCUT2D eigenvalue weighted by molar-refractivity contribution is -0.355. The largest absolute Gasteiger partial charge is 0.392 e. The Morgan fingerprint density at radius 3 is 2.25 bits per heavy atom. The molecule has 4 fully saturated rings. The van der Waals surface area contributed by atoms with E-state index >= 15 is 0 Å². The molecule has 1 spiro atoms. The zero-order valence-electron chi connectivity index (χ0n) is 13.7. The molecule has 1 saturated carbocycles. The average molecular weight is 282 g/mol. The van der Waals surface area contributed by atoms with Crippen LogP contribution in [0.25, 0.3) is 0 Å². The van der Waals surface area contributed by atoms with Gasteiger partial charge in [-0.25, -0.2) is 0 Å². The Kier molecular flexibility index (Phi) is 3.28. The van der Waals surface area contributed by atoms with E-state index in [2.05, 4.69) is 41.5 Å². The Morgan fingerprint density at radius 1 is 1.05 bits per heavy atom. The maximum absolute atomic E-state index is 10.7. The van der Waals surface area contributed by atoms with Crippen LogP contribution in [0.2, 0.25) is 0 Å². The van der Waals surface area contributed by atoms with Crippen LogP contribution < -0.4 is 0 Å². The van der Waals surface area contributed by atoms with Crippen molar-refractivity contribution in [1.82, 2.24) is 0 Å². The normalized spacial score (nSPS) is 62.9. The molecule has 0 aromatic rings. The van der Waals surface area contributed by atoms with Crippen LogP contribution in [-0.4, -0.2) is 35.6 Å². The van der Waals surface area contributed by atoms with E-state index in [4.69, 9.17) is 9.47 Å². The third kappa shape index (κ3) is 1.57. The highest BCUT2D eigenvalue weighted by atomic mass is 16.5. The number of hydrogen-bond donors (Lipinski definition) is 1. The highest BCUT2D eigenvalue weighted by Crippen LogP contribution is 2.62. The number of rotatable bonds is 0. The van der Waals surface area contributed by atoms with Gasteiger partial charge in [0.1, 0.15) is 0 Å². The lowest BCUT2D eigenvalue weighted by Crippen LogP contribution is -2.75. The summed E-state index contributed by atoms with van der Waals surface area (Å²) in [5.74, 6) is 1.28. The second kappa shape index (κ2) is 4.44. The number of ether oxygens (including phenoxy) is 2. The molecule has 4 rings (SSSR count). The lowest BCUT2D eigenvalue weighted by atomic mass is 9.48. The van der Waals surface area contributed by atoms with Gasteiger partial charge in [-0.05, 0) is 19.3 Å². The van der Waals surface area contributed by atoms with E-state index in [0.717, 1.165) is 13.0 Å². The summed E-state index contributed by atoms with van der Waals surface area (Å²) in [5.41, 5.74) is -0.233. The Labute approximate surface area is 123 Å². The van der Waals surface area contributed by atoms with Crippen molar-refractivity contribution < 1.29 is 14.6 Å². The van der Waals surface area contributed by atoms with Gasteiger partial charge in [0.25, 0.3) is 0 Å². The molecule has 0 aromatic heterocycles. The molecule has 4 aliphatic rings. The molecule has 2 bridgehead atoms. The molecule has 3 nitrogen and oxygen atoms in total. The predicted octanol–water partition coefficient (Wildman–Crippen LogP) is 2.86. The number of aliphatic hydroxyl groups is 1. The van der Waals surface area contributed by atoms with E-state index in [1.165, 1.54) is 0 Å². The van der Waals surface area contributed by atoms with Gasteiger partial charge in [0.15, 0.2) is 0 Å². The van der Waals surface area contributed by atoms with Crippen molar-refractivity contribution in [2.24, 2.45) is 29.1 Å². The second-order valence-electron chi connectivity index (χ2n) is 8.06. The quantitative estimate of drug-likeness (QED) is 0.742. The van der Waals surface area contributed by atoms with E-state index < -0.39 is 0 Å². The lowest BCUT2D eigenvalue weighted by Gasteiger charge is -2.68. The molecule has 1 N–H and O–H groups in total. The summed E-state index contributed by atoms with van der Waals surface area (Å²) in [6, 6.07) is 0. The highest BCUT2D eigenvalue weighted by molar-refractivity contribution is 5.16. The molecule has 20 heavy (non-hydrogen) atoms. The van der Waals surface area contributed by atoms with Crippen molar-refractivity contribution in [2.75, 3.05) is 6.61 Å². The van der Waals surface area contributed by atoms with E-state index in [-0.39, 0.29) is 41.2 Å². The van der Waals surface area contributed by atoms with Crippen LogP contribution in [0.15, 0.2) is 0 Å². The maximum atomic E-state index is 10.7. The molecule has 0 unspecified atom stereocenters. The summed E-state index contributed by atoms with van der Waals surface area (Å²) in [6.45, 7) is 14.0. The Balaban J connectivity index is 2.06. The molecule has 3 saturated heterocycles. The summed E-state index contributed by atoms with van der Waals surface area (Å²) in [5, 5.41) is 10.7. The number of hydrogen-bond acceptors (Lipinski definition) is 3. The summed E-state index contributed by atoms with van der Waals surface area (Å²) >= 11 is 0. The fourth-order valence-electron chi connectivity index (χ4n) is 5.76. The smallest absolute Gasteiger partial charge is 0.0861 e. The first-order valence-electron chi connectivity index (χ1n) is 8.22. The molecule has 0 aromatic carbocycles. The minimum absolute atomic E-state index is 0.00931. The molecule has 9 atom stereocenters. The van der Waals surface area contributed by atoms with Gasteiger partial charge >= 0.3 is 0 Å². The minimum Gasteiger partial charge on any atom is -0.392 e.